The van der Waals surface area contributed by atoms with Crippen molar-refractivity contribution in [3.63, 3.8) is 0 Å². The first kappa shape index (κ1) is 23.7. The van der Waals surface area contributed by atoms with Gasteiger partial charge in [0.2, 0.25) is 5.91 Å². The Kier molecular flexibility index (Phi) is 12.1. The number of hydrogen-bond donors (Lipinski definition) is 0. The van der Waals surface area contributed by atoms with Crippen molar-refractivity contribution in [3.05, 3.63) is 29.3 Å². The van der Waals surface area contributed by atoms with Gasteiger partial charge in [-0.15, -0.1) is 11.6 Å². The van der Waals surface area contributed by atoms with Gasteiger partial charge in [-0.2, -0.15) is 0 Å². The van der Waals surface area contributed by atoms with Crippen molar-refractivity contribution >= 4 is 29.5 Å². The number of nitrogens with zero attached hydrogens (tertiary/aromatic N) is 1. The van der Waals surface area contributed by atoms with Crippen LogP contribution in [0.25, 0.3) is 0 Å². The van der Waals surface area contributed by atoms with E-state index in [-0.39, 0.29) is 12.5 Å². The van der Waals surface area contributed by atoms with Gasteiger partial charge in [0.25, 0.3) is 0 Å². The quantitative estimate of drug-likeness (QED) is 0.218. The molecular weight excluding hydrogens is 358 g/mol. The van der Waals surface area contributed by atoms with Gasteiger partial charge in [-0.25, -0.2) is 0 Å². The van der Waals surface area contributed by atoms with Crippen LogP contribution in [0.2, 0.25) is 0 Å². The molecule has 1 aromatic rings. The van der Waals surface area contributed by atoms with Crippen LogP contribution in [-0.2, 0) is 22.4 Å². The smallest absolute Gasteiger partial charge is 0.245 e. The van der Waals surface area contributed by atoms with E-state index in [0.717, 1.165) is 48.8 Å². The highest BCUT2D eigenvalue weighted by molar-refractivity contribution is 6.32. The normalized spacial score (nSPS) is 12.0. The number of para-hydroxylation sites is 1. The third kappa shape index (κ3) is 8.04. The van der Waals surface area contributed by atoms with Crippen molar-refractivity contribution in [3.8, 4) is 0 Å². The largest absolute Gasteiger partial charge is 0.303 e. The highest BCUT2D eigenvalue weighted by Crippen LogP contribution is 2.30. The third-order valence-electron chi connectivity index (χ3n) is 4.94. The number of amides is 1. The summed E-state index contributed by atoms with van der Waals surface area (Å²) in [6.07, 6.45) is 12.1. The molecule has 0 spiro atoms. The number of unbranched alkanes of at least 4 members (excludes halogenated alkanes) is 6. The van der Waals surface area contributed by atoms with Crippen molar-refractivity contribution in [1.29, 1.82) is 0 Å². The molecule has 0 N–H and O–H groups in total. The Labute approximate surface area is 170 Å². The molecule has 0 fully saturated rings. The van der Waals surface area contributed by atoms with Crippen LogP contribution in [0.3, 0.4) is 0 Å². The van der Waals surface area contributed by atoms with Crippen LogP contribution in [0.4, 0.5) is 5.69 Å². The lowest BCUT2D eigenvalue weighted by atomic mass is 9.96. The summed E-state index contributed by atoms with van der Waals surface area (Å²) in [5.41, 5.74) is 3.24. The van der Waals surface area contributed by atoms with Crippen LogP contribution in [0.1, 0.15) is 83.3 Å². The van der Waals surface area contributed by atoms with Crippen molar-refractivity contribution in [2.24, 2.45) is 0 Å². The molecular formula is C23H36ClNO2. The molecule has 0 aliphatic carbocycles. The summed E-state index contributed by atoms with van der Waals surface area (Å²) in [7, 11) is 0. The first-order valence-electron chi connectivity index (χ1n) is 10.6. The molecule has 0 radical (unpaired) electrons. The maximum Gasteiger partial charge on any atom is 0.245 e. The van der Waals surface area contributed by atoms with Gasteiger partial charge >= 0.3 is 0 Å². The van der Waals surface area contributed by atoms with E-state index in [1.807, 2.05) is 0 Å². The van der Waals surface area contributed by atoms with Crippen LogP contribution in [0, 0.1) is 0 Å². The maximum absolute atomic E-state index is 12.7. The summed E-state index contributed by atoms with van der Waals surface area (Å²) in [4.78, 5) is 25.6. The van der Waals surface area contributed by atoms with E-state index in [2.05, 4.69) is 32.0 Å². The summed E-state index contributed by atoms with van der Waals surface area (Å²) in [5.74, 6) is -0.195. The lowest BCUT2D eigenvalue weighted by Crippen LogP contribution is -2.38. The van der Waals surface area contributed by atoms with Crippen LogP contribution in [0.15, 0.2) is 18.2 Å². The monoisotopic (exact) mass is 393 g/mol. The predicted molar refractivity (Wildman–Crippen MR) is 116 cm³/mol. The Bertz CT molecular complexity index is 541. The van der Waals surface area contributed by atoms with Crippen molar-refractivity contribution in [1.82, 2.24) is 0 Å². The maximum atomic E-state index is 12.7. The molecule has 0 bridgehead atoms. The number of halogens is 1. The molecule has 0 saturated heterocycles. The molecule has 0 heterocycles. The fourth-order valence-electron chi connectivity index (χ4n) is 3.46. The molecule has 0 aromatic heterocycles. The zero-order chi connectivity index (χ0) is 20.1. The lowest BCUT2D eigenvalue weighted by molar-refractivity contribution is -0.119. The third-order valence-corrected chi connectivity index (χ3v) is 5.12. The van der Waals surface area contributed by atoms with E-state index in [9.17, 15) is 9.59 Å². The summed E-state index contributed by atoms with van der Waals surface area (Å²) in [6, 6.07) is 6.28. The van der Waals surface area contributed by atoms with Crippen molar-refractivity contribution < 1.29 is 9.59 Å². The molecule has 0 saturated carbocycles. The summed E-state index contributed by atoms with van der Waals surface area (Å²) >= 11 is 6.10. The minimum Gasteiger partial charge on any atom is -0.303 e. The Morgan fingerprint density at radius 2 is 1.52 bits per heavy atom. The van der Waals surface area contributed by atoms with Gasteiger partial charge in [0.05, 0.1) is 12.2 Å². The highest BCUT2D eigenvalue weighted by Gasteiger charge is 2.24. The fraction of sp³-hybridized carbons (Fsp3) is 0.652. The van der Waals surface area contributed by atoms with E-state index < -0.39 is 5.38 Å². The number of anilines is 1. The van der Waals surface area contributed by atoms with E-state index in [0.29, 0.717) is 0 Å². The van der Waals surface area contributed by atoms with Crippen molar-refractivity contribution in [2.45, 2.75) is 90.4 Å². The van der Waals surface area contributed by atoms with E-state index in [1.165, 1.54) is 38.5 Å². The molecule has 152 valence electrons. The van der Waals surface area contributed by atoms with Crippen LogP contribution in [0.5, 0.6) is 0 Å². The predicted octanol–water partition coefficient (Wildman–Crippen LogP) is 6.09. The van der Waals surface area contributed by atoms with Crippen molar-refractivity contribution in [2.75, 3.05) is 11.4 Å². The molecule has 1 rings (SSSR count). The van der Waals surface area contributed by atoms with Crippen LogP contribution in [-0.4, -0.2) is 24.1 Å². The molecule has 4 heteroatoms. The summed E-state index contributed by atoms with van der Waals surface area (Å²) in [5, 5.41) is -0.647. The number of aryl methyl sites for hydroxylation is 2. The molecule has 1 unspecified atom stereocenters. The summed E-state index contributed by atoms with van der Waals surface area (Å²) < 4.78 is 0. The number of rotatable bonds is 14. The van der Waals surface area contributed by atoms with Gasteiger partial charge in [0.1, 0.15) is 11.7 Å². The van der Waals surface area contributed by atoms with Gasteiger partial charge in [0, 0.05) is 0 Å². The van der Waals surface area contributed by atoms with Gasteiger partial charge in [-0.3, -0.25) is 4.79 Å². The van der Waals surface area contributed by atoms with Gasteiger partial charge in [-0.05, 0) is 43.7 Å². The fourth-order valence-corrected chi connectivity index (χ4v) is 3.58. The Balaban J connectivity index is 3.16. The number of alkyl halides is 1. The molecule has 3 nitrogen and oxygen atoms in total. The first-order valence-corrected chi connectivity index (χ1v) is 11.0. The van der Waals surface area contributed by atoms with Crippen LogP contribution < -0.4 is 4.90 Å². The second-order valence-electron chi connectivity index (χ2n) is 7.28. The lowest BCUT2D eigenvalue weighted by Gasteiger charge is -2.27. The number of benzene rings is 1. The molecule has 27 heavy (non-hydrogen) atoms. The molecule has 0 aliphatic heterocycles. The van der Waals surface area contributed by atoms with Gasteiger partial charge in [-0.1, -0.05) is 70.6 Å². The number of aldehydes is 1. The number of carbonyl (C=O) groups is 2. The Morgan fingerprint density at radius 3 is 1.93 bits per heavy atom. The molecule has 0 aliphatic rings. The SMILES string of the molecule is CCCCCCc1cccc(CCCCCC)c1N(CC=O)C(=O)C(C)Cl. The minimum atomic E-state index is -0.647. The number of carbonyl (C=O) groups excluding carboxylic acids is 2. The highest BCUT2D eigenvalue weighted by atomic mass is 35.5. The van der Waals surface area contributed by atoms with Gasteiger partial charge in [0.15, 0.2) is 0 Å². The second-order valence-corrected chi connectivity index (χ2v) is 7.93. The molecule has 1 atom stereocenters. The van der Waals surface area contributed by atoms with E-state index in [4.69, 9.17) is 11.6 Å². The molecule has 1 amide bonds. The zero-order valence-electron chi connectivity index (χ0n) is 17.3. The Hall–Kier alpha value is -1.35. The van der Waals surface area contributed by atoms with E-state index >= 15 is 0 Å². The first-order chi connectivity index (χ1) is 13.1. The zero-order valence-corrected chi connectivity index (χ0v) is 18.1. The van der Waals surface area contributed by atoms with E-state index in [1.54, 1.807) is 11.8 Å². The van der Waals surface area contributed by atoms with Crippen LogP contribution >= 0.6 is 11.6 Å². The summed E-state index contributed by atoms with van der Waals surface area (Å²) in [6.45, 7) is 6.14. The average Bonchev–Trinajstić information content (AvgIpc) is 2.66. The van der Waals surface area contributed by atoms with Gasteiger partial charge < -0.3 is 9.69 Å². The number of hydrogen-bond acceptors (Lipinski definition) is 2. The minimum absolute atomic E-state index is 0.0594. The topological polar surface area (TPSA) is 37.4 Å². The molecule has 1 aromatic carbocycles. The second kappa shape index (κ2) is 13.8. The Morgan fingerprint density at radius 1 is 1.00 bits per heavy atom. The standard InChI is InChI=1S/C23H36ClNO2/c1-4-6-8-10-13-20-15-12-16-21(14-11-9-7-5-2)22(20)25(17-18-26)23(27)19(3)24/h12,15-16,18-19H,4-11,13-14,17H2,1-3H3. The average molecular weight is 394 g/mol.